The van der Waals surface area contributed by atoms with Gasteiger partial charge in [-0.3, -0.25) is 4.79 Å². The van der Waals surface area contributed by atoms with Gasteiger partial charge >= 0.3 is 0 Å². The van der Waals surface area contributed by atoms with Crippen LogP contribution in [-0.4, -0.2) is 17.3 Å². The highest BCUT2D eigenvalue weighted by Crippen LogP contribution is 2.18. The molecule has 3 heteroatoms. The maximum atomic E-state index is 11.2. The second kappa shape index (κ2) is 4.67. The molecular formula is C12H15ClO2. The first-order chi connectivity index (χ1) is 6.92. The highest BCUT2D eigenvalue weighted by Gasteiger charge is 2.12. The van der Waals surface area contributed by atoms with Crippen molar-refractivity contribution >= 4 is 17.4 Å². The first kappa shape index (κ1) is 12.1. The van der Waals surface area contributed by atoms with Gasteiger partial charge in [0.05, 0.1) is 5.88 Å². The van der Waals surface area contributed by atoms with E-state index < -0.39 is 0 Å². The molecule has 0 aromatic heterocycles. The van der Waals surface area contributed by atoms with E-state index in [1.807, 2.05) is 20.8 Å². The molecule has 1 aromatic rings. The minimum absolute atomic E-state index is 0.0134. The van der Waals surface area contributed by atoms with Crippen LogP contribution in [0.3, 0.4) is 0 Å². The summed E-state index contributed by atoms with van der Waals surface area (Å²) in [6, 6.07) is 7.02. The van der Waals surface area contributed by atoms with Gasteiger partial charge in [-0.05, 0) is 45.0 Å². The lowest BCUT2D eigenvalue weighted by molar-refractivity contribution is 0.102. The number of rotatable bonds is 3. The third kappa shape index (κ3) is 3.92. The Kier molecular flexibility index (Phi) is 3.75. The van der Waals surface area contributed by atoms with Crippen LogP contribution in [-0.2, 0) is 0 Å². The maximum absolute atomic E-state index is 11.2. The fraction of sp³-hybridized carbons (Fsp3) is 0.417. The van der Waals surface area contributed by atoms with Gasteiger partial charge in [-0.1, -0.05) is 0 Å². The molecular weight excluding hydrogens is 212 g/mol. The topological polar surface area (TPSA) is 26.3 Å². The van der Waals surface area contributed by atoms with Crippen molar-refractivity contribution in [3.05, 3.63) is 29.8 Å². The number of ether oxygens (including phenoxy) is 1. The number of benzene rings is 1. The summed E-state index contributed by atoms with van der Waals surface area (Å²) in [6.45, 7) is 5.93. The number of Topliss-reactive ketones (excluding diaryl/α,β-unsaturated/α-hetero) is 1. The van der Waals surface area contributed by atoms with E-state index in [1.54, 1.807) is 24.3 Å². The van der Waals surface area contributed by atoms with Gasteiger partial charge in [0.15, 0.2) is 5.78 Å². The number of hydrogen-bond acceptors (Lipinski definition) is 2. The van der Waals surface area contributed by atoms with E-state index >= 15 is 0 Å². The summed E-state index contributed by atoms with van der Waals surface area (Å²) >= 11 is 5.45. The molecule has 0 N–H and O–H groups in total. The van der Waals surface area contributed by atoms with Gasteiger partial charge in [-0.25, -0.2) is 0 Å². The minimum Gasteiger partial charge on any atom is -0.488 e. The van der Waals surface area contributed by atoms with Gasteiger partial charge in [-0.2, -0.15) is 0 Å². The van der Waals surface area contributed by atoms with Gasteiger partial charge in [-0.15, -0.1) is 11.6 Å². The number of carbonyl (C=O) groups is 1. The second-order valence-electron chi connectivity index (χ2n) is 4.30. The lowest BCUT2D eigenvalue weighted by Gasteiger charge is -2.21. The van der Waals surface area contributed by atoms with Crippen LogP contribution >= 0.6 is 11.6 Å². The van der Waals surface area contributed by atoms with Crippen LogP contribution in [0, 0.1) is 0 Å². The lowest BCUT2D eigenvalue weighted by Crippen LogP contribution is -2.22. The molecule has 0 amide bonds. The molecule has 82 valence electrons. The zero-order valence-corrected chi connectivity index (χ0v) is 9.97. The Morgan fingerprint density at radius 2 is 1.80 bits per heavy atom. The first-order valence-corrected chi connectivity index (χ1v) is 5.34. The summed E-state index contributed by atoms with van der Waals surface area (Å²) in [7, 11) is 0. The standard InChI is InChI=1S/C12H15ClO2/c1-12(2,3)15-10-6-4-9(5-7-10)11(14)8-13/h4-7H,8H2,1-3H3. The Morgan fingerprint density at radius 1 is 1.27 bits per heavy atom. The van der Waals surface area contributed by atoms with Crippen molar-refractivity contribution in [1.29, 1.82) is 0 Å². The molecule has 0 radical (unpaired) electrons. The van der Waals surface area contributed by atoms with Gasteiger partial charge in [0.2, 0.25) is 0 Å². The molecule has 0 atom stereocenters. The third-order valence-electron chi connectivity index (χ3n) is 1.72. The Labute approximate surface area is 95.2 Å². The van der Waals surface area contributed by atoms with Crippen LogP contribution in [0.2, 0.25) is 0 Å². The summed E-state index contributed by atoms with van der Waals surface area (Å²) in [4.78, 5) is 11.2. The monoisotopic (exact) mass is 226 g/mol. The highest BCUT2D eigenvalue weighted by molar-refractivity contribution is 6.30. The zero-order chi connectivity index (χ0) is 11.5. The molecule has 15 heavy (non-hydrogen) atoms. The van der Waals surface area contributed by atoms with Crippen molar-refractivity contribution < 1.29 is 9.53 Å². The Bertz CT molecular complexity index is 336. The number of hydrogen-bond donors (Lipinski definition) is 0. The van der Waals surface area contributed by atoms with Gasteiger partial charge < -0.3 is 4.74 Å². The summed E-state index contributed by atoms with van der Waals surface area (Å²) in [5.74, 6) is 0.701. The van der Waals surface area contributed by atoms with E-state index in [9.17, 15) is 4.79 Å². The van der Waals surface area contributed by atoms with Crippen molar-refractivity contribution in [2.45, 2.75) is 26.4 Å². The van der Waals surface area contributed by atoms with Crippen LogP contribution in [0.5, 0.6) is 5.75 Å². The summed E-state index contributed by atoms with van der Waals surface area (Å²) in [6.07, 6.45) is 0. The average molecular weight is 227 g/mol. The molecule has 0 bridgehead atoms. The smallest absolute Gasteiger partial charge is 0.177 e. The molecule has 0 spiro atoms. The quantitative estimate of drug-likeness (QED) is 0.584. The van der Waals surface area contributed by atoms with Crippen LogP contribution in [0.1, 0.15) is 31.1 Å². The fourth-order valence-corrected chi connectivity index (χ4v) is 1.29. The van der Waals surface area contributed by atoms with Crippen LogP contribution in [0.15, 0.2) is 24.3 Å². The van der Waals surface area contributed by atoms with Crippen LogP contribution < -0.4 is 4.74 Å². The maximum Gasteiger partial charge on any atom is 0.177 e. The lowest BCUT2D eigenvalue weighted by atomic mass is 10.1. The number of carbonyl (C=O) groups excluding carboxylic acids is 1. The molecule has 0 heterocycles. The van der Waals surface area contributed by atoms with Gasteiger partial charge in [0.25, 0.3) is 0 Å². The van der Waals surface area contributed by atoms with E-state index in [2.05, 4.69) is 0 Å². The Balaban J connectivity index is 2.77. The second-order valence-corrected chi connectivity index (χ2v) is 4.56. The fourth-order valence-electron chi connectivity index (χ4n) is 1.14. The number of ketones is 1. The predicted molar refractivity (Wildman–Crippen MR) is 61.9 cm³/mol. The third-order valence-corrected chi connectivity index (χ3v) is 1.96. The van der Waals surface area contributed by atoms with Crippen LogP contribution in [0.25, 0.3) is 0 Å². The molecule has 0 aliphatic rings. The minimum atomic E-state index is -0.224. The Morgan fingerprint density at radius 3 is 2.20 bits per heavy atom. The van der Waals surface area contributed by atoms with E-state index in [1.165, 1.54) is 0 Å². The average Bonchev–Trinajstić information content (AvgIpc) is 2.15. The van der Waals surface area contributed by atoms with E-state index in [4.69, 9.17) is 16.3 Å². The molecule has 0 unspecified atom stereocenters. The van der Waals surface area contributed by atoms with E-state index in [-0.39, 0.29) is 17.3 Å². The molecule has 1 rings (SSSR count). The number of alkyl halides is 1. The molecule has 2 nitrogen and oxygen atoms in total. The van der Waals surface area contributed by atoms with Crippen molar-refractivity contribution in [1.82, 2.24) is 0 Å². The largest absolute Gasteiger partial charge is 0.488 e. The van der Waals surface area contributed by atoms with Gasteiger partial charge in [0.1, 0.15) is 11.4 Å². The SMILES string of the molecule is CC(C)(C)Oc1ccc(C(=O)CCl)cc1. The van der Waals surface area contributed by atoms with E-state index in [0.717, 1.165) is 5.75 Å². The van der Waals surface area contributed by atoms with E-state index in [0.29, 0.717) is 5.56 Å². The van der Waals surface area contributed by atoms with Crippen molar-refractivity contribution in [3.63, 3.8) is 0 Å². The predicted octanol–water partition coefficient (Wildman–Crippen LogP) is 3.29. The molecule has 0 aliphatic heterocycles. The summed E-state index contributed by atoms with van der Waals surface area (Å²) in [5.41, 5.74) is 0.393. The molecule has 1 aromatic carbocycles. The van der Waals surface area contributed by atoms with Crippen LogP contribution in [0.4, 0.5) is 0 Å². The summed E-state index contributed by atoms with van der Waals surface area (Å²) in [5, 5.41) is 0. The number of halogens is 1. The van der Waals surface area contributed by atoms with Crippen molar-refractivity contribution in [3.8, 4) is 5.75 Å². The van der Waals surface area contributed by atoms with Gasteiger partial charge in [0, 0.05) is 5.56 Å². The zero-order valence-electron chi connectivity index (χ0n) is 9.21. The first-order valence-electron chi connectivity index (χ1n) is 4.80. The molecule has 0 aliphatic carbocycles. The van der Waals surface area contributed by atoms with Crippen molar-refractivity contribution in [2.75, 3.05) is 5.88 Å². The highest BCUT2D eigenvalue weighted by atomic mass is 35.5. The molecule has 0 saturated heterocycles. The molecule has 0 saturated carbocycles. The normalized spacial score (nSPS) is 11.2. The Hall–Kier alpha value is -1.02. The van der Waals surface area contributed by atoms with Crippen molar-refractivity contribution in [2.24, 2.45) is 0 Å². The molecule has 0 fully saturated rings. The summed E-state index contributed by atoms with van der Waals surface area (Å²) < 4.78 is 5.63.